The van der Waals surface area contributed by atoms with Crippen LogP contribution in [0, 0.1) is 0 Å². The van der Waals surface area contributed by atoms with E-state index in [4.69, 9.17) is 75.8 Å². The summed E-state index contributed by atoms with van der Waals surface area (Å²) in [6.45, 7) is -5.72. The molecule has 0 aromatic rings. The maximum Gasteiger partial charge on any atom is 0.217 e. The van der Waals surface area contributed by atoms with Crippen molar-refractivity contribution >= 4 is 17.7 Å². The predicted octanol–water partition coefficient (Wildman–Crippen LogP) is -19.5. The first kappa shape index (κ1) is 90.3. The second-order valence-corrected chi connectivity index (χ2v) is 27.2. The molecule has 0 radical (unpaired) electrons. The molecule has 44 atom stereocenters. The molecule has 8 rings (SSSR count). The molecule has 8 heterocycles. The molecular weight excluding hydrogens is 1480 g/mol. The van der Waals surface area contributed by atoms with Crippen LogP contribution in [0.15, 0.2) is 0 Å². The van der Waals surface area contributed by atoms with Gasteiger partial charge in [-0.25, -0.2) is 0 Å². The monoisotopic (exact) mass is 1590 g/mol. The van der Waals surface area contributed by atoms with E-state index in [1.165, 1.54) is 6.92 Å². The molecule has 0 bridgehead atoms. The van der Waals surface area contributed by atoms with Gasteiger partial charge in [0, 0.05) is 20.8 Å². The van der Waals surface area contributed by atoms with Crippen LogP contribution < -0.4 is 16.0 Å². The summed E-state index contributed by atoms with van der Waals surface area (Å²) in [6.07, 6.45) is -84.8. The van der Waals surface area contributed by atoms with Gasteiger partial charge in [-0.05, 0) is 6.92 Å². The van der Waals surface area contributed by atoms with Gasteiger partial charge in [-0.2, -0.15) is 0 Å². The third-order valence-corrected chi connectivity index (χ3v) is 19.6. The first-order chi connectivity index (χ1) is 51.0. The zero-order chi connectivity index (χ0) is 79.9. The van der Waals surface area contributed by atoms with E-state index in [2.05, 4.69) is 16.0 Å². The summed E-state index contributed by atoms with van der Waals surface area (Å²) in [7, 11) is 0. The summed E-state index contributed by atoms with van der Waals surface area (Å²) in [4.78, 5) is 38.3. The Bertz CT molecular complexity index is 2770. The lowest BCUT2D eigenvalue weighted by Crippen LogP contribution is -2.70. The largest absolute Gasteiger partial charge is 0.394 e. The van der Waals surface area contributed by atoms with Crippen molar-refractivity contribution in [2.75, 3.05) is 59.5 Å². The fraction of sp³-hybridized carbons (Fsp3) is 0.950. The molecule has 8 fully saturated rings. The minimum absolute atomic E-state index is 0.849. The van der Waals surface area contributed by atoms with Crippen molar-refractivity contribution in [3.63, 3.8) is 0 Å². The molecule has 3 amide bonds. The fourth-order valence-electron chi connectivity index (χ4n) is 13.5. The number of aliphatic hydroxyl groups is 26. The Labute approximate surface area is 612 Å². The van der Waals surface area contributed by atoms with Gasteiger partial charge in [-0.1, -0.05) is 0 Å². The Morgan fingerprint density at radius 1 is 0.343 bits per heavy atom. The minimum Gasteiger partial charge on any atom is -0.394 e. The topological polar surface area (TPSA) is 761 Å². The van der Waals surface area contributed by atoms with Crippen molar-refractivity contribution in [1.82, 2.24) is 16.0 Å². The first-order valence-electron chi connectivity index (χ1n) is 34.4. The van der Waals surface area contributed by atoms with Gasteiger partial charge in [0.2, 0.25) is 17.7 Å². The van der Waals surface area contributed by atoms with E-state index < -0.39 is 347 Å². The van der Waals surface area contributed by atoms with E-state index in [0.717, 1.165) is 20.8 Å². The quantitative estimate of drug-likeness (QED) is 0.0306. The summed E-state index contributed by atoms with van der Waals surface area (Å²) < 4.78 is 93.2. The Hall–Kier alpha value is -3.27. The lowest BCUT2D eigenvalue weighted by molar-refractivity contribution is -0.397. The molecule has 108 heavy (non-hydrogen) atoms. The third kappa shape index (κ3) is 20.3. The van der Waals surface area contributed by atoms with E-state index in [1.54, 1.807) is 0 Å². The average molecular weight is 1590 g/mol. The number of rotatable bonds is 31. The first-order valence-corrected chi connectivity index (χ1v) is 34.4. The average Bonchev–Trinajstić information content (AvgIpc) is 0.768. The summed E-state index contributed by atoms with van der Waals surface area (Å²) in [6, 6.07) is -5.70. The van der Waals surface area contributed by atoms with Crippen LogP contribution in [0.4, 0.5) is 0 Å². The summed E-state index contributed by atoms with van der Waals surface area (Å²) >= 11 is 0. The molecule has 0 aliphatic carbocycles. The Balaban J connectivity index is 1.13. The normalized spacial score (nSPS) is 47.3. The zero-order valence-corrected chi connectivity index (χ0v) is 58.2. The van der Waals surface area contributed by atoms with E-state index >= 15 is 0 Å². The van der Waals surface area contributed by atoms with Gasteiger partial charge in [0.1, 0.15) is 207 Å². The van der Waals surface area contributed by atoms with Crippen LogP contribution in [-0.4, -0.2) is 480 Å². The van der Waals surface area contributed by atoms with Crippen LogP contribution in [0.25, 0.3) is 0 Å². The third-order valence-electron chi connectivity index (χ3n) is 19.6. The van der Waals surface area contributed by atoms with Crippen molar-refractivity contribution in [2.24, 2.45) is 0 Å². The number of carbonyl (C=O) groups is 3. The Morgan fingerprint density at radius 3 is 1.19 bits per heavy atom. The van der Waals surface area contributed by atoms with Crippen LogP contribution in [0.5, 0.6) is 0 Å². The SMILES string of the molecule is CC(=O)N[C@H]1[C@H](O[C@@H]([C@H](O)[C@H](CO)NC(C)=O)[C@H](O)CO[C@@H]2O[C@@H](C)[C@@H](O)[C@@H](O)[C@@H]2O)O[C@H](CO)[C@@H](O[C@@H]2O[C@H](CO[C@H]3O[C@H](CO)[C@@H](O)[C@H](O[C@H]4O[C@H](CO)[C@@H](O)[C@H](O)[C@@H]4O)[C@@H]3O)[C@@H](O)[C@H](O[C@H]3O[C@H](CO)[C@@H](O)[C@H](O)[C@@H]3O[C@@H]3O[C@H](CO)[C@@H](O[C@@H]4O[C@H](CO)[C@H](O)[C@H](O)[C@H]4O)[C@H](O)[C@H]3NC(C)=O)[C@@H]2O)[C@@H]1O. The second kappa shape index (κ2) is 39.9. The van der Waals surface area contributed by atoms with Crippen molar-refractivity contribution in [1.29, 1.82) is 0 Å². The Morgan fingerprint density at radius 2 is 0.704 bits per heavy atom. The van der Waals surface area contributed by atoms with Crippen LogP contribution in [0.1, 0.15) is 27.7 Å². The molecule has 48 nitrogen and oxygen atoms in total. The molecule has 0 unspecified atom stereocenters. The van der Waals surface area contributed by atoms with Crippen LogP contribution >= 0.6 is 0 Å². The molecular formula is C60H103N3O45. The highest BCUT2D eigenvalue weighted by molar-refractivity contribution is 5.74. The van der Waals surface area contributed by atoms with Gasteiger partial charge >= 0.3 is 0 Å². The maximum atomic E-state index is 13.1. The van der Waals surface area contributed by atoms with Gasteiger partial charge in [-0.15, -0.1) is 0 Å². The van der Waals surface area contributed by atoms with Crippen molar-refractivity contribution < 1.29 is 223 Å². The predicted molar refractivity (Wildman–Crippen MR) is 333 cm³/mol. The van der Waals surface area contributed by atoms with Crippen LogP contribution in [0.3, 0.4) is 0 Å². The number of hydrogen-bond acceptors (Lipinski definition) is 45. The summed E-state index contributed by atoms with van der Waals surface area (Å²) in [5.74, 6) is -2.80. The van der Waals surface area contributed by atoms with Crippen molar-refractivity contribution in [3.05, 3.63) is 0 Å². The summed E-state index contributed by atoms with van der Waals surface area (Å²) in [5, 5.41) is 293. The smallest absolute Gasteiger partial charge is 0.217 e. The molecule has 628 valence electrons. The molecule has 0 spiro atoms. The molecule has 48 heteroatoms. The van der Waals surface area contributed by atoms with Gasteiger partial charge in [0.15, 0.2) is 50.3 Å². The number of carbonyl (C=O) groups excluding carboxylic acids is 3. The lowest BCUT2D eigenvalue weighted by Gasteiger charge is -2.51. The number of nitrogens with one attached hydrogen (secondary N) is 3. The second-order valence-electron chi connectivity index (χ2n) is 27.2. The number of amides is 3. The molecule has 0 saturated carbocycles. The van der Waals surface area contributed by atoms with E-state index in [1.807, 2.05) is 0 Å². The molecule has 8 aliphatic heterocycles. The maximum absolute atomic E-state index is 13.1. The van der Waals surface area contributed by atoms with Crippen LogP contribution in [-0.2, 0) is 90.2 Å². The highest BCUT2D eigenvalue weighted by Gasteiger charge is 2.60. The Kier molecular flexibility index (Phi) is 33.3. The number of hydrogen-bond donors (Lipinski definition) is 29. The zero-order valence-electron chi connectivity index (χ0n) is 58.2. The lowest BCUT2D eigenvalue weighted by atomic mass is 9.94. The fourth-order valence-corrected chi connectivity index (χ4v) is 13.5. The molecule has 29 N–H and O–H groups in total. The van der Waals surface area contributed by atoms with Gasteiger partial charge in [0.25, 0.3) is 0 Å². The molecule has 8 aliphatic rings. The molecule has 8 saturated heterocycles. The number of ether oxygens (including phenoxy) is 16. The van der Waals surface area contributed by atoms with Crippen LogP contribution in [0.2, 0.25) is 0 Å². The van der Waals surface area contributed by atoms with Gasteiger partial charge in [0.05, 0.1) is 71.6 Å². The van der Waals surface area contributed by atoms with Gasteiger partial charge in [-0.3, -0.25) is 14.4 Å². The van der Waals surface area contributed by atoms with Crippen molar-refractivity contribution in [2.45, 2.75) is 298 Å². The van der Waals surface area contributed by atoms with E-state index in [0.29, 0.717) is 0 Å². The minimum atomic E-state index is -2.57. The number of aliphatic hydroxyl groups excluding tert-OH is 26. The van der Waals surface area contributed by atoms with E-state index in [-0.39, 0.29) is 0 Å². The van der Waals surface area contributed by atoms with E-state index in [9.17, 15) is 147 Å². The molecule has 0 aromatic heterocycles. The highest BCUT2D eigenvalue weighted by atomic mass is 16.8. The van der Waals surface area contributed by atoms with Gasteiger partial charge < -0.3 is 225 Å². The standard InChI is InChI=1S/C60H103N3O45/c1-14-29(75)38(84)42(88)55(95-14)93-12-19(74)47(30(76)18(5-64)61-15(2)71)103-53-27(62-16(3)72)36(82)49(25(11-70)100-53)105-59-46(92)51(35(81)26(102-59)13-94-56-45(91)50(34(80)23(9-68)96-56)106-58-44(90)40(86)32(78)21(7-66)98-58)107-60-52(41(87)33(79)22(8-67)99-60)108-54-28(63-17(4)73)37(83)48(24(10-69)101-54)104-57-43(89)39(85)31(77)20(6-65)97-57/h14,18-60,64-70,74-92H,5-13H2,1-4H3,(H,61,71)(H,62,72)(H,63,73)/t14-,18-,19+,20+,21+,22+,23+,24+,25+,26+,27+,28+,29+,30+,31-,32+,33+,34+,35+,36+,37+,38+,39-,40-,41-,42-,43+,44-,45-,46-,47+,48+,49+,50-,51-,52-,53-,54-,55+,56-,57-,58+,59-,60+/m0/s1. The highest BCUT2D eigenvalue weighted by Crippen LogP contribution is 2.39. The molecule has 0 aromatic carbocycles. The van der Waals surface area contributed by atoms with Crippen molar-refractivity contribution in [3.8, 4) is 0 Å². The summed E-state index contributed by atoms with van der Waals surface area (Å²) in [5.41, 5.74) is 0.